The lowest BCUT2D eigenvalue weighted by atomic mass is 10.1. The maximum Gasteiger partial charge on any atom is 0.261 e. The zero-order valence-corrected chi connectivity index (χ0v) is 25.8. The Bertz CT molecular complexity index is 1570. The molecule has 1 aliphatic carbocycles. The highest BCUT2D eigenvalue weighted by Crippen LogP contribution is 2.41. The maximum atomic E-state index is 15.0. The van der Waals surface area contributed by atoms with Crippen LogP contribution in [0.4, 0.5) is 18.9 Å². The molecular weight excluding hydrogens is 624 g/mol. The molecule has 1 amide bonds. The molecule has 1 saturated heterocycles. The SMILES string of the molecule is CC(C)(C#Cc1ccc(NC(=O)CSc2nnnn2-c2ccc(C3CC3)cc2Cl)c(Cl)c1F)OCCN1CCC(F)(F)C1. The molecule has 0 radical (unpaired) electrons. The number of benzene rings is 2. The standard InChI is InChI=1S/C29H29Cl2F3N6O2S/c1-28(2,42-14-13-39-12-11-29(33,34)17-39)10-9-19-5-7-22(25(31)26(19)32)35-24(41)16-43-27-36-37-38-40(27)23-8-6-20(15-21(23)30)18-3-4-18/h5-8,15,18H,3-4,11-14,16-17H2,1-2H3,(H,35,41). The Kier molecular flexibility index (Phi) is 9.58. The van der Waals surface area contributed by atoms with Crippen molar-refractivity contribution in [2.75, 3.05) is 37.3 Å². The first-order chi connectivity index (χ1) is 20.4. The van der Waals surface area contributed by atoms with Crippen molar-refractivity contribution in [1.82, 2.24) is 25.1 Å². The largest absolute Gasteiger partial charge is 0.362 e. The van der Waals surface area contributed by atoms with Crippen LogP contribution in [0.5, 0.6) is 0 Å². The highest BCUT2D eigenvalue weighted by molar-refractivity contribution is 7.99. The van der Waals surface area contributed by atoms with Crippen molar-refractivity contribution in [1.29, 1.82) is 0 Å². The van der Waals surface area contributed by atoms with Crippen molar-refractivity contribution in [2.45, 2.75) is 55.7 Å². The molecule has 1 aromatic heterocycles. The monoisotopic (exact) mass is 652 g/mol. The third-order valence-corrected chi connectivity index (χ3v) is 8.59. The van der Waals surface area contributed by atoms with E-state index in [1.807, 2.05) is 18.2 Å². The molecule has 14 heteroatoms. The quantitative estimate of drug-likeness (QED) is 0.206. The molecule has 3 aromatic rings. The average Bonchev–Trinajstić information content (AvgIpc) is 3.60. The van der Waals surface area contributed by atoms with Gasteiger partial charge in [-0.25, -0.2) is 13.2 Å². The van der Waals surface area contributed by atoms with Crippen LogP contribution in [0.25, 0.3) is 5.69 Å². The smallest absolute Gasteiger partial charge is 0.261 e. The van der Waals surface area contributed by atoms with Crippen LogP contribution in [0.2, 0.25) is 10.0 Å². The Hall–Kier alpha value is -2.82. The number of nitrogens with one attached hydrogen (secondary N) is 1. The molecule has 1 aliphatic heterocycles. The molecule has 5 rings (SSSR count). The first-order valence-corrected chi connectivity index (χ1v) is 15.4. The van der Waals surface area contributed by atoms with Crippen LogP contribution in [0, 0.1) is 17.7 Å². The highest BCUT2D eigenvalue weighted by Gasteiger charge is 2.37. The molecule has 0 atom stereocenters. The van der Waals surface area contributed by atoms with Crippen molar-refractivity contribution in [3.05, 3.63) is 57.3 Å². The van der Waals surface area contributed by atoms with Gasteiger partial charge in [-0.05, 0) is 72.9 Å². The lowest BCUT2D eigenvalue weighted by molar-refractivity contribution is -0.113. The fraction of sp³-hybridized carbons (Fsp3) is 0.448. The minimum absolute atomic E-state index is 0.0250. The second-order valence-corrected chi connectivity index (χ2v) is 12.7. The maximum absolute atomic E-state index is 15.0. The molecule has 0 spiro atoms. The topological polar surface area (TPSA) is 85.2 Å². The molecule has 2 aliphatic rings. The van der Waals surface area contributed by atoms with Crippen molar-refractivity contribution in [3.63, 3.8) is 0 Å². The summed E-state index contributed by atoms with van der Waals surface area (Å²) < 4.78 is 49.0. The fourth-order valence-corrected chi connectivity index (χ4v) is 5.69. The Balaban J connectivity index is 1.15. The highest BCUT2D eigenvalue weighted by atomic mass is 35.5. The lowest BCUT2D eigenvalue weighted by Crippen LogP contribution is -2.32. The first-order valence-electron chi connectivity index (χ1n) is 13.7. The molecule has 2 aromatic carbocycles. The van der Waals surface area contributed by atoms with Gasteiger partial charge in [-0.15, -0.1) is 5.10 Å². The number of aromatic nitrogens is 4. The Morgan fingerprint density at radius 3 is 2.74 bits per heavy atom. The van der Waals surface area contributed by atoms with Crippen LogP contribution in [0.3, 0.4) is 0 Å². The number of hydrogen-bond donors (Lipinski definition) is 1. The first kappa shape index (κ1) is 31.6. The third kappa shape index (κ3) is 8.22. The normalized spacial score (nSPS) is 16.6. The summed E-state index contributed by atoms with van der Waals surface area (Å²) in [5.41, 5.74) is 0.942. The van der Waals surface area contributed by atoms with Gasteiger partial charge in [0.2, 0.25) is 11.1 Å². The summed E-state index contributed by atoms with van der Waals surface area (Å²) in [6.45, 7) is 4.00. The van der Waals surface area contributed by atoms with Gasteiger partial charge < -0.3 is 10.1 Å². The zero-order chi connectivity index (χ0) is 30.8. The van der Waals surface area contributed by atoms with Gasteiger partial charge in [-0.3, -0.25) is 9.69 Å². The predicted molar refractivity (Wildman–Crippen MR) is 160 cm³/mol. The number of ether oxygens (including phenoxy) is 1. The van der Waals surface area contributed by atoms with Gasteiger partial charge in [-0.1, -0.05) is 52.9 Å². The summed E-state index contributed by atoms with van der Waals surface area (Å²) in [5.74, 6) is 2.17. The zero-order valence-electron chi connectivity index (χ0n) is 23.5. The van der Waals surface area contributed by atoms with Gasteiger partial charge >= 0.3 is 0 Å². The number of halogens is 5. The van der Waals surface area contributed by atoms with Crippen molar-refractivity contribution >= 4 is 46.6 Å². The van der Waals surface area contributed by atoms with Gasteiger partial charge in [-0.2, -0.15) is 4.68 Å². The van der Waals surface area contributed by atoms with E-state index in [1.54, 1.807) is 18.7 Å². The Morgan fingerprint density at radius 2 is 2.05 bits per heavy atom. The molecule has 1 saturated carbocycles. The summed E-state index contributed by atoms with van der Waals surface area (Å²) >= 11 is 13.8. The van der Waals surface area contributed by atoms with Crippen LogP contribution in [-0.4, -0.2) is 74.5 Å². The van der Waals surface area contributed by atoms with E-state index < -0.39 is 23.2 Å². The van der Waals surface area contributed by atoms with E-state index >= 15 is 4.39 Å². The van der Waals surface area contributed by atoms with Crippen LogP contribution in [-0.2, 0) is 9.53 Å². The molecular formula is C29H29Cl2F3N6O2S. The van der Waals surface area contributed by atoms with Crippen LogP contribution < -0.4 is 5.32 Å². The number of alkyl halides is 2. The second-order valence-electron chi connectivity index (χ2n) is 11.0. The van der Waals surface area contributed by atoms with Gasteiger partial charge in [0, 0.05) is 19.5 Å². The fourth-order valence-electron chi connectivity index (χ4n) is 4.53. The predicted octanol–water partition coefficient (Wildman–Crippen LogP) is 6.20. The molecule has 2 heterocycles. The molecule has 1 N–H and O–H groups in total. The van der Waals surface area contributed by atoms with Gasteiger partial charge in [0.25, 0.3) is 5.92 Å². The molecule has 8 nitrogen and oxygen atoms in total. The summed E-state index contributed by atoms with van der Waals surface area (Å²) in [7, 11) is 0. The van der Waals surface area contributed by atoms with E-state index in [2.05, 4.69) is 32.7 Å². The number of carbonyl (C=O) groups excluding carboxylic acids is 1. The number of thioether (sulfide) groups is 1. The number of amides is 1. The summed E-state index contributed by atoms with van der Waals surface area (Å²) in [4.78, 5) is 14.3. The van der Waals surface area contributed by atoms with E-state index in [1.165, 1.54) is 22.4 Å². The van der Waals surface area contributed by atoms with Crippen molar-refractivity contribution in [2.24, 2.45) is 0 Å². The van der Waals surface area contributed by atoms with Crippen molar-refractivity contribution in [3.8, 4) is 17.5 Å². The number of rotatable bonds is 10. The van der Waals surface area contributed by atoms with E-state index in [9.17, 15) is 13.6 Å². The number of hydrogen-bond acceptors (Lipinski definition) is 7. The molecule has 228 valence electrons. The summed E-state index contributed by atoms with van der Waals surface area (Å²) in [6.07, 6.45) is 2.15. The Labute approximate surface area is 261 Å². The number of carbonyl (C=O) groups is 1. The minimum atomic E-state index is -2.66. The molecule has 2 fully saturated rings. The van der Waals surface area contributed by atoms with E-state index in [4.69, 9.17) is 27.9 Å². The number of likely N-dealkylation sites (tertiary alicyclic amines) is 1. The molecule has 0 bridgehead atoms. The second kappa shape index (κ2) is 13.0. The third-order valence-electron chi connectivity index (χ3n) is 7.00. The molecule has 0 unspecified atom stereocenters. The summed E-state index contributed by atoms with van der Waals surface area (Å²) in [5, 5.41) is 14.9. The van der Waals surface area contributed by atoms with Gasteiger partial charge in [0.15, 0.2) is 5.82 Å². The summed E-state index contributed by atoms with van der Waals surface area (Å²) in [6, 6.07) is 8.64. The number of nitrogens with zero attached hydrogens (tertiary/aromatic N) is 5. The Morgan fingerprint density at radius 1 is 1.26 bits per heavy atom. The van der Waals surface area contributed by atoms with Crippen LogP contribution >= 0.6 is 35.0 Å². The van der Waals surface area contributed by atoms with Gasteiger partial charge in [0.1, 0.15) is 10.6 Å². The average molecular weight is 654 g/mol. The van der Waals surface area contributed by atoms with E-state index in [-0.39, 0.29) is 41.6 Å². The lowest BCUT2D eigenvalue weighted by Gasteiger charge is -2.22. The van der Waals surface area contributed by atoms with Crippen molar-refractivity contribution < 1.29 is 22.7 Å². The van der Waals surface area contributed by atoms with E-state index in [0.29, 0.717) is 34.9 Å². The van der Waals surface area contributed by atoms with Crippen LogP contribution in [0.1, 0.15) is 50.2 Å². The number of anilines is 1. The number of tetrazole rings is 1. The van der Waals surface area contributed by atoms with E-state index in [0.717, 1.165) is 24.6 Å². The minimum Gasteiger partial charge on any atom is -0.362 e. The van der Waals surface area contributed by atoms with Crippen LogP contribution in [0.15, 0.2) is 35.5 Å². The molecule has 43 heavy (non-hydrogen) atoms. The van der Waals surface area contributed by atoms with Gasteiger partial charge in [0.05, 0.1) is 40.9 Å².